The van der Waals surface area contributed by atoms with Crippen LogP contribution in [0.25, 0.3) is 22.6 Å². The Morgan fingerprint density at radius 2 is 1.86 bits per heavy atom. The molecular formula is C18H16ClN3O5S. The van der Waals surface area contributed by atoms with Crippen LogP contribution in [0.3, 0.4) is 0 Å². The molecule has 3 aromatic rings. The van der Waals surface area contributed by atoms with Crippen molar-refractivity contribution in [2.45, 2.75) is 11.4 Å². The highest BCUT2D eigenvalue weighted by atomic mass is 35.5. The highest BCUT2D eigenvalue weighted by molar-refractivity contribution is 7.90. The van der Waals surface area contributed by atoms with E-state index < -0.39 is 15.9 Å². The Morgan fingerprint density at radius 3 is 2.50 bits per heavy atom. The number of halogens is 1. The standard InChI is InChI=1S/C18H16ClN3O5S/c1-28(25,26)14-5-3-2-4-13(14)17-16(11-6-8-12(19)9-7-11)21-15(27-17)10-20-18(23)22-24/h2-9,24H,10H2,1H3,(H2,20,22,23). The quantitative estimate of drug-likeness (QED) is 0.429. The molecule has 0 unspecified atom stereocenters. The zero-order chi connectivity index (χ0) is 20.3. The van der Waals surface area contributed by atoms with Crippen molar-refractivity contribution < 1.29 is 22.8 Å². The molecule has 1 aromatic heterocycles. The van der Waals surface area contributed by atoms with Crippen LogP contribution in [-0.4, -0.2) is 30.9 Å². The summed E-state index contributed by atoms with van der Waals surface area (Å²) in [6, 6.07) is 12.4. The maximum Gasteiger partial charge on any atom is 0.338 e. The number of nitrogens with one attached hydrogen (secondary N) is 2. The van der Waals surface area contributed by atoms with Gasteiger partial charge in [-0.2, -0.15) is 0 Å². The monoisotopic (exact) mass is 421 g/mol. The lowest BCUT2D eigenvalue weighted by Gasteiger charge is -2.07. The molecule has 0 aliphatic heterocycles. The van der Waals surface area contributed by atoms with Crippen molar-refractivity contribution in [3.8, 4) is 22.6 Å². The molecule has 0 saturated carbocycles. The number of carbonyl (C=O) groups excluding carboxylic acids is 1. The van der Waals surface area contributed by atoms with Crippen LogP contribution in [0, 0.1) is 0 Å². The summed E-state index contributed by atoms with van der Waals surface area (Å²) in [4.78, 5) is 15.7. The van der Waals surface area contributed by atoms with E-state index in [-0.39, 0.29) is 23.1 Å². The highest BCUT2D eigenvalue weighted by Crippen LogP contribution is 2.36. The summed E-state index contributed by atoms with van der Waals surface area (Å²) in [6.07, 6.45) is 1.11. The molecule has 0 bridgehead atoms. The predicted octanol–water partition coefficient (Wildman–Crippen LogP) is 3.25. The van der Waals surface area contributed by atoms with Gasteiger partial charge in [0.05, 0.1) is 11.4 Å². The molecule has 0 saturated heterocycles. The van der Waals surface area contributed by atoms with Gasteiger partial charge in [0.2, 0.25) is 5.89 Å². The molecule has 146 valence electrons. The first-order valence-electron chi connectivity index (χ1n) is 8.02. The number of hydrogen-bond acceptors (Lipinski definition) is 6. The Hall–Kier alpha value is -2.88. The first-order chi connectivity index (χ1) is 13.3. The zero-order valence-electron chi connectivity index (χ0n) is 14.6. The van der Waals surface area contributed by atoms with Gasteiger partial charge in [-0.3, -0.25) is 5.21 Å². The van der Waals surface area contributed by atoms with Gasteiger partial charge in [-0.05, 0) is 24.3 Å². The third-order valence-corrected chi connectivity index (χ3v) is 5.23. The van der Waals surface area contributed by atoms with E-state index in [0.29, 0.717) is 21.8 Å². The Balaban J connectivity index is 2.15. The third-order valence-electron chi connectivity index (χ3n) is 3.82. The fourth-order valence-corrected chi connectivity index (χ4v) is 3.61. The van der Waals surface area contributed by atoms with E-state index in [1.807, 2.05) is 0 Å². The number of hydroxylamine groups is 1. The Labute approximate surface area is 166 Å². The third kappa shape index (κ3) is 4.33. The lowest BCUT2D eigenvalue weighted by atomic mass is 10.1. The number of hydrogen-bond donors (Lipinski definition) is 3. The van der Waals surface area contributed by atoms with Crippen molar-refractivity contribution in [2.24, 2.45) is 0 Å². The van der Waals surface area contributed by atoms with Crippen molar-refractivity contribution in [1.29, 1.82) is 0 Å². The lowest BCUT2D eigenvalue weighted by Crippen LogP contribution is -2.32. The second-order valence-electron chi connectivity index (χ2n) is 5.86. The van der Waals surface area contributed by atoms with Gasteiger partial charge < -0.3 is 9.73 Å². The van der Waals surface area contributed by atoms with Crippen LogP contribution < -0.4 is 10.8 Å². The van der Waals surface area contributed by atoms with Crippen LogP contribution in [0.2, 0.25) is 5.02 Å². The average Bonchev–Trinajstić information content (AvgIpc) is 3.10. The number of aromatic nitrogens is 1. The van der Waals surface area contributed by atoms with Crippen molar-refractivity contribution in [3.63, 3.8) is 0 Å². The van der Waals surface area contributed by atoms with Gasteiger partial charge in [-0.25, -0.2) is 23.7 Å². The summed E-state index contributed by atoms with van der Waals surface area (Å²) in [5.74, 6) is 0.372. The smallest absolute Gasteiger partial charge is 0.338 e. The SMILES string of the molecule is CS(=O)(=O)c1ccccc1-c1oc(CNC(=O)NO)nc1-c1ccc(Cl)cc1. The van der Waals surface area contributed by atoms with Gasteiger partial charge in [0.1, 0.15) is 5.69 Å². The minimum absolute atomic E-state index is 0.0916. The molecule has 3 rings (SSSR count). The van der Waals surface area contributed by atoms with Crippen molar-refractivity contribution in [3.05, 3.63) is 59.4 Å². The van der Waals surface area contributed by atoms with E-state index in [4.69, 9.17) is 21.2 Å². The fourth-order valence-electron chi connectivity index (χ4n) is 2.60. The normalized spacial score (nSPS) is 11.2. The van der Waals surface area contributed by atoms with Crippen molar-refractivity contribution >= 4 is 27.5 Å². The van der Waals surface area contributed by atoms with E-state index >= 15 is 0 Å². The molecule has 2 amide bonds. The maximum atomic E-state index is 12.2. The molecule has 3 N–H and O–H groups in total. The summed E-state index contributed by atoms with van der Waals surface area (Å²) in [5, 5.41) is 11.5. The van der Waals surface area contributed by atoms with E-state index in [0.717, 1.165) is 6.26 Å². The topological polar surface area (TPSA) is 122 Å². The molecule has 0 spiro atoms. The molecule has 0 radical (unpaired) electrons. The minimum atomic E-state index is -3.53. The number of amides is 2. The zero-order valence-corrected chi connectivity index (χ0v) is 16.2. The average molecular weight is 422 g/mol. The minimum Gasteiger partial charge on any atom is -0.438 e. The molecule has 28 heavy (non-hydrogen) atoms. The number of nitrogens with zero attached hydrogens (tertiary/aromatic N) is 1. The number of benzene rings is 2. The number of oxazole rings is 1. The van der Waals surface area contributed by atoms with Gasteiger partial charge in [0.25, 0.3) is 0 Å². The summed E-state index contributed by atoms with van der Waals surface area (Å²) >= 11 is 5.95. The Kier molecular flexibility index (Phi) is 5.68. The number of sulfone groups is 1. The highest BCUT2D eigenvalue weighted by Gasteiger charge is 2.23. The number of carbonyl (C=O) groups is 1. The van der Waals surface area contributed by atoms with Crippen LogP contribution >= 0.6 is 11.6 Å². The fraction of sp³-hybridized carbons (Fsp3) is 0.111. The summed E-state index contributed by atoms with van der Waals surface area (Å²) in [7, 11) is -3.53. The molecule has 0 fully saturated rings. The molecule has 0 aliphatic rings. The molecule has 8 nitrogen and oxygen atoms in total. The van der Waals surface area contributed by atoms with Crippen LogP contribution in [0.15, 0.2) is 57.8 Å². The maximum absolute atomic E-state index is 12.2. The van der Waals surface area contributed by atoms with Gasteiger partial charge >= 0.3 is 6.03 Å². The van der Waals surface area contributed by atoms with E-state index in [1.165, 1.54) is 11.5 Å². The van der Waals surface area contributed by atoms with Gasteiger partial charge in [0.15, 0.2) is 15.6 Å². The van der Waals surface area contributed by atoms with E-state index in [1.54, 1.807) is 42.5 Å². The van der Waals surface area contributed by atoms with Crippen molar-refractivity contribution in [2.75, 3.05) is 6.26 Å². The molecular weight excluding hydrogens is 406 g/mol. The summed E-state index contributed by atoms with van der Waals surface area (Å²) in [6.45, 7) is -0.117. The Morgan fingerprint density at radius 1 is 1.18 bits per heavy atom. The summed E-state index contributed by atoms with van der Waals surface area (Å²) < 4.78 is 30.2. The molecule has 2 aromatic carbocycles. The Bertz CT molecular complexity index is 1110. The first kappa shape index (κ1) is 19.9. The van der Waals surface area contributed by atoms with Gasteiger partial charge in [-0.15, -0.1) is 0 Å². The summed E-state index contributed by atoms with van der Waals surface area (Å²) in [5.41, 5.74) is 2.84. The van der Waals surface area contributed by atoms with Gasteiger partial charge in [0, 0.05) is 22.4 Å². The largest absolute Gasteiger partial charge is 0.438 e. The van der Waals surface area contributed by atoms with Crippen LogP contribution in [0.1, 0.15) is 5.89 Å². The predicted molar refractivity (Wildman–Crippen MR) is 103 cm³/mol. The number of rotatable bonds is 5. The van der Waals surface area contributed by atoms with E-state index in [2.05, 4.69) is 10.3 Å². The molecule has 10 heteroatoms. The van der Waals surface area contributed by atoms with Crippen LogP contribution in [0.4, 0.5) is 4.79 Å². The van der Waals surface area contributed by atoms with Crippen LogP contribution in [0.5, 0.6) is 0 Å². The van der Waals surface area contributed by atoms with Gasteiger partial charge in [-0.1, -0.05) is 35.9 Å². The lowest BCUT2D eigenvalue weighted by molar-refractivity contribution is 0.161. The van der Waals surface area contributed by atoms with E-state index in [9.17, 15) is 13.2 Å². The molecule has 0 atom stereocenters. The van der Waals surface area contributed by atoms with Crippen LogP contribution in [-0.2, 0) is 16.4 Å². The number of urea groups is 1. The second kappa shape index (κ2) is 8.01. The van der Waals surface area contributed by atoms with Crippen molar-refractivity contribution in [1.82, 2.24) is 15.8 Å². The second-order valence-corrected chi connectivity index (χ2v) is 8.28. The first-order valence-corrected chi connectivity index (χ1v) is 10.3. The molecule has 1 heterocycles. The molecule has 0 aliphatic carbocycles.